The Balaban J connectivity index is 1.10. The lowest BCUT2D eigenvalue weighted by Crippen LogP contribution is -2.32. The molecule has 1 N–H and O–H groups in total. The van der Waals surface area contributed by atoms with Crippen LogP contribution in [0.15, 0.2) is 78.2 Å². The van der Waals surface area contributed by atoms with Crippen molar-refractivity contribution in [3.05, 3.63) is 100 Å². The van der Waals surface area contributed by atoms with Crippen LogP contribution in [0.3, 0.4) is 0 Å². The summed E-state index contributed by atoms with van der Waals surface area (Å²) in [6, 6.07) is 23.1. The lowest BCUT2D eigenvalue weighted by atomic mass is 10.1. The molecule has 3 aromatic carbocycles. The second kappa shape index (κ2) is 10.3. The van der Waals surface area contributed by atoms with Gasteiger partial charge in [0.05, 0.1) is 16.8 Å². The molecule has 0 aliphatic carbocycles. The highest BCUT2D eigenvalue weighted by molar-refractivity contribution is 7.13. The second-order valence-corrected chi connectivity index (χ2v) is 9.65. The third-order valence-corrected chi connectivity index (χ3v) is 7.10. The van der Waals surface area contributed by atoms with E-state index in [1.165, 1.54) is 10.5 Å². The zero-order valence-corrected chi connectivity index (χ0v) is 20.7. The minimum absolute atomic E-state index is 0.113. The van der Waals surface area contributed by atoms with Gasteiger partial charge in [0.15, 0.2) is 0 Å². The quantitative estimate of drug-likeness (QED) is 0.329. The topological polar surface area (TPSA) is 79.4 Å². The van der Waals surface area contributed by atoms with Gasteiger partial charge in [-0.05, 0) is 31.0 Å². The zero-order chi connectivity index (χ0) is 25.1. The maximum Gasteiger partial charge on any atom is 0.261 e. The first-order chi connectivity index (χ1) is 17.5. The summed E-state index contributed by atoms with van der Waals surface area (Å²) in [5.74, 6) is -0.692. The number of imide groups is 1. The third-order valence-electron chi connectivity index (χ3n) is 6.21. The highest BCUT2D eigenvalue weighted by Gasteiger charge is 2.34. The molecule has 2 heterocycles. The van der Waals surface area contributed by atoms with Gasteiger partial charge in [-0.25, -0.2) is 4.98 Å². The molecule has 6 nitrogen and oxygen atoms in total. The summed E-state index contributed by atoms with van der Waals surface area (Å²) >= 11 is 1.61. The van der Waals surface area contributed by atoms with E-state index in [0.29, 0.717) is 24.1 Å². The molecule has 0 radical (unpaired) electrons. The predicted octanol–water partition coefficient (Wildman–Crippen LogP) is 5.48. The van der Waals surface area contributed by atoms with E-state index in [9.17, 15) is 14.4 Å². The molecule has 0 saturated carbocycles. The Morgan fingerprint density at radius 2 is 1.53 bits per heavy atom. The van der Waals surface area contributed by atoms with E-state index in [4.69, 9.17) is 4.98 Å². The number of thiazole rings is 1. The van der Waals surface area contributed by atoms with E-state index >= 15 is 0 Å². The molecule has 3 amide bonds. The lowest BCUT2D eigenvalue weighted by Gasteiger charge is -2.13. The molecule has 1 aliphatic heterocycles. The molecule has 36 heavy (non-hydrogen) atoms. The van der Waals surface area contributed by atoms with Crippen molar-refractivity contribution < 1.29 is 14.4 Å². The Bertz CT molecular complexity index is 1390. The van der Waals surface area contributed by atoms with Crippen molar-refractivity contribution in [3.8, 4) is 21.8 Å². The lowest BCUT2D eigenvalue weighted by molar-refractivity contribution is -0.121. The molecular weight excluding hydrogens is 470 g/mol. The van der Waals surface area contributed by atoms with Crippen molar-refractivity contribution in [1.82, 2.24) is 15.2 Å². The van der Waals surface area contributed by atoms with Crippen LogP contribution in [0.5, 0.6) is 0 Å². The summed E-state index contributed by atoms with van der Waals surface area (Å²) < 4.78 is 0. The number of carbonyl (C=O) groups excluding carboxylic acids is 3. The second-order valence-electron chi connectivity index (χ2n) is 8.79. The van der Waals surface area contributed by atoms with Gasteiger partial charge in [0.25, 0.3) is 11.8 Å². The molecule has 1 aromatic heterocycles. The fourth-order valence-corrected chi connectivity index (χ4v) is 4.99. The highest BCUT2D eigenvalue weighted by atomic mass is 32.1. The zero-order valence-electron chi connectivity index (χ0n) is 19.9. The number of nitrogens with one attached hydrogen (secondary N) is 1. The van der Waals surface area contributed by atoms with Crippen LogP contribution >= 0.6 is 11.3 Å². The van der Waals surface area contributed by atoms with Gasteiger partial charge >= 0.3 is 0 Å². The SMILES string of the molecule is Cc1ccc(-c2csc(-c3ccc(CNC(=O)CCCN4C(=O)c5ccccc5C4=O)cc3)n2)cc1. The van der Waals surface area contributed by atoms with E-state index in [1.54, 1.807) is 35.6 Å². The van der Waals surface area contributed by atoms with E-state index in [0.717, 1.165) is 27.4 Å². The summed E-state index contributed by atoms with van der Waals surface area (Å²) in [5, 5.41) is 5.93. The van der Waals surface area contributed by atoms with Gasteiger partial charge in [0.1, 0.15) is 5.01 Å². The average molecular weight is 496 g/mol. The first kappa shape index (κ1) is 23.6. The van der Waals surface area contributed by atoms with Crippen molar-refractivity contribution >= 4 is 29.1 Å². The number of aromatic nitrogens is 1. The summed E-state index contributed by atoms with van der Waals surface area (Å²) in [6.07, 6.45) is 0.663. The van der Waals surface area contributed by atoms with E-state index in [2.05, 4.69) is 41.9 Å². The number of rotatable bonds is 8. The fraction of sp³-hybridized carbons (Fsp3) is 0.172. The van der Waals surface area contributed by atoms with Crippen molar-refractivity contribution in [2.24, 2.45) is 0 Å². The number of amides is 3. The molecule has 7 heteroatoms. The first-order valence-electron chi connectivity index (χ1n) is 11.8. The molecular formula is C29H25N3O3S. The van der Waals surface area contributed by atoms with Crippen molar-refractivity contribution in [1.29, 1.82) is 0 Å². The molecule has 0 atom stereocenters. The van der Waals surface area contributed by atoms with Crippen LogP contribution in [0.1, 0.15) is 44.7 Å². The minimum atomic E-state index is -0.290. The van der Waals surface area contributed by atoms with E-state index in [1.807, 2.05) is 24.3 Å². The van der Waals surface area contributed by atoms with Gasteiger partial charge < -0.3 is 5.32 Å². The molecule has 4 aromatic rings. The minimum Gasteiger partial charge on any atom is -0.352 e. The molecule has 0 spiro atoms. The largest absolute Gasteiger partial charge is 0.352 e. The predicted molar refractivity (Wildman–Crippen MR) is 141 cm³/mol. The van der Waals surface area contributed by atoms with E-state index in [-0.39, 0.29) is 30.7 Å². The average Bonchev–Trinajstić information content (AvgIpc) is 3.48. The molecule has 0 unspecified atom stereocenters. The maximum atomic E-state index is 12.4. The maximum absolute atomic E-state index is 12.4. The Kier molecular flexibility index (Phi) is 6.73. The van der Waals surface area contributed by atoms with Crippen LogP contribution < -0.4 is 5.32 Å². The van der Waals surface area contributed by atoms with Crippen LogP contribution in [-0.2, 0) is 11.3 Å². The third kappa shape index (κ3) is 4.97. The van der Waals surface area contributed by atoms with Crippen molar-refractivity contribution in [2.45, 2.75) is 26.3 Å². The van der Waals surface area contributed by atoms with Gasteiger partial charge in [0, 0.05) is 36.0 Å². The molecule has 1 aliphatic rings. The summed E-state index contributed by atoms with van der Waals surface area (Å²) in [6.45, 7) is 2.71. The standard InChI is InChI=1S/C29H25N3O3S/c1-19-8-12-21(13-9-19)25-18-36-27(31-25)22-14-10-20(11-15-22)17-30-26(33)7-4-16-32-28(34)23-5-2-3-6-24(23)29(32)35/h2-3,5-6,8-15,18H,4,7,16-17H2,1H3,(H,30,33). The fourth-order valence-electron chi connectivity index (χ4n) is 4.16. The van der Waals surface area contributed by atoms with Crippen LogP contribution in [0.2, 0.25) is 0 Å². The van der Waals surface area contributed by atoms with Crippen LogP contribution in [0.4, 0.5) is 0 Å². The van der Waals surface area contributed by atoms with Gasteiger partial charge in [-0.1, -0.05) is 66.2 Å². The van der Waals surface area contributed by atoms with Crippen LogP contribution in [0.25, 0.3) is 21.8 Å². The molecule has 0 bridgehead atoms. The van der Waals surface area contributed by atoms with Crippen molar-refractivity contribution in [2.75, 3.05) is 6.54 Å². The highest BCUT2D eigenvalue weighted by Crippen LogP contribution is 2.29. The summed E-state index contributed by atoms with van der Waals surface area (Å²) in [4.78, 5) is 43.1. The number of nitrogens with zero attached hydrogens (tertiary/aromatic N) is 2. The van der Waals surface area contributed by atoms with Crippen LogP contribution in [-0.4, -0.2) is 34.2 Å². The monoisotopic (exact) mass is 495 g/mol. The Hall–Kier alpha value is -4.10. The summed E-state index contributed by atoms with van der Waals surface area (Å²) in [5.41, 5.74) is 6.17. The van der Waals surface area contributed by atoms with Gasteiger partial charge in [-0.15, -0.1) is 11.3 Å². The Labute approximate surface area is 213 Å². The number of benzene rings is 3. The molecule has 5 rings (SSSR count). The molecule has 0 fully saturated rings. The number of hydrogen-bond donors (Lipinski definition) is 1. The number of fused-ring (bicyclic) bond motifs is 1. The van der Waals surface area contributed by atoms with Crippen molar-refractivity contribution in [3.63, 3.8) is 0 Å². The number of aryl methyl sites for hydroxylation is 1. The van der Waals surface area contributed by atoms with Gasteiger partial charge in [-0.2, -0.15) is 0 Å². The molecule has 180 valence electrons. The number of hydrogen-bond acceptors (Lipinski definition) is 5. The number of carbonyl (C=O) groups is 3. The Morgan fingerprint density at radius 3 is 2.19 bits per heavy atom. The Morgan fingerprint density at radius 1 is 0.889 bits per heavy atom. The molecule has 0 saturated heterocycles. The smallest absolute Gasteiger partial charge is 0.261 e. The normalized spacial score (nSPS) is 12.6. The summed E-state index contributed by atoms with van der Waals surface area (Å²) in [7, 11) is 0. The van der Waals surface area contributed by atoms with Gasteiger partial charge in [0.2, 0.25) is 5.91 Å². The van der Waals surface area contributed by atoms with Gasteiger partial charge in [-0.3, -0.25) is 19.3 Å². The van der Waals surface area contributed by atoms with E-state index < -0.39 is 0 Å². The first-order valence-corrected chi connectivity index (χ1v) is 12.7. The van der Waals surface area contributed by atoms with Crippen LogP contribution in [0, 0.1) is 6.92 Å².